The van der Waals surface area contributed by atoms with E-state index in [9.17, 15) is 14.4 Å². The summed E-state index contributed by atoms with van der Waals surface area (Å²) in [5.74, 6) is -1.01. The maximum atomic E-state index is 12.4. The van der Waals surface area contributed by atoms with Crippen LogP contribution in [0.4, 0.5) is 0 Å². The highest BCUT2D eigenvalue weighted by Gasteiger charge is 2.27. The SMILES string of the molecule is COc1ccc(C(=O)N[C@H](C(=O)OCC(=O)NC(C)(C)C)C(C)C)cc1. The summed E-state index contributed by atoms with van der Waals surface area (Å²) in [7, 11) is 1.54. The van der Waals surface area contributed by atoms with Crippen molar-refractivity contribution in [1.29, 1.82) is 0 Å². The molecule has 0 saturated carbocycles. The molecular formula is C19H28N2O5. The van der Waals surface area contributed by atoms with Crippen LogP contribution in [0.25, 0.3) is 0 Å². The number of amides is 2. The Morgan fingerprint density at radius 2 is 1.65 bits per heavy atom. The van der Waals surface area contributed by atoms with Crippen LogP contribution in [0.5, 0.6) is 5.75 Å². The lowest BCUT2D eigenvalue weighted by atomic mass is 10.0. The monoisotopic (exact) mass is 364 g/mol. The van der Waals surface area contributed by atoms with Gasteiger partial charge in [0.15, 0.2) is 6.61 Å². The van der Waals surface area contributed by atoms with Gasteiger partial charge in [-0.3, -0.25) is 9.59 Å². The molecule has 0 aliphatic heterocycles. The zero-order chi connectivity index (χ0) is 19.9. The van der Waals surface area contributed by atoms with E-state index in [1.807, 2.05) is 20.8 Å². The van der Waals surface area contributed by atoms with Crippen LogP contribution in [-0.4, -0.2) is 43.1 Å². The Morgan fingerprint density at radius 1 is 1.08 bits per heavy atom. The Labute approximate surface area is 154 Å². The van der Waals surface area contributed by atoms with Gasteiger partial charge >= 0.3 is 5.97 Å². The predicted molar refractivity (Wildman–Crippen MR) is 97.9 cm³/mol. The van der Waals surface area contributed by atoms with E-state index in [1.54, 1.807) is 38.1 Å². The summed E-state index contributed by atoms with van der Waals surface area (Å²) < 4.78 is 10.1. The van der Waals surface area contributed by atoms with E-state index in [0.717, 1.165) is 0 Å². The minimum atomic E-state index is -0.855. The van der Waals surface area contributed by atoms with E-state index < -0.39 is 36.0 Å². The van der Waals surface area contributed by atoms with Crippen molar-refractivity contribution in [3.63, 3.8) is 0 Å². The zero-order valence-corrected chi connectivity index (χ0v) is 16.2. The Kier molecular flexibility index (Phi) is 7.61. The molecule has 0 aliphatic carbocycles. The first-order valence-electron chi connectivity index (χ1n) is 8.46. The molecule has 1 aromatic carbocycles. The number of esters is 1. The van der Waals surface area contributed by atoms with E-state index >= 15 is 0 Å². The van der Waals surface area contributed by atoms with Gasteiger partial charge in [-0.1, -0.05) is 13.8 Å². The van der Waals surface area contributed by atoms with E-state index in [2.05, 4.69) is 10.6 Å². The van der Waals surface area contributed by atoms with E-state index in [0.29, 0.717) is 11.3 Å². The first-order chi connectivity index (χ1) is 12.0. The second-order valence-corrected chi connectivity index (χ2v) is 7.33. The van der Waals surface area contributed by atoms with Crippen molar-refractivity contribution in [1.82, 2.24) is 10.6 Å². The zero-order valence-electron chi connectivity index (χ0n) is 16.2. The lowest BCUT2D eigenvalue weighted by Gasteiger charge is -2.23. The Hall–Kier alpha value is -2.57. The van der Waals surface area contributed by atoms with Crippen molar-refractivity contribution in [3.05, 3.63) is 29.8 Å². The Morgan fingerprint density at radius 3 is 2.12 bits per heavy atom. The molecule has 0 fully saturated rings. The molecule has 0 bridgehead atoms. The Bertz CT molecular complexity index is 632. The van der Waals surface area contributed by atoms with Gasteiger partial charge in [0.2, 0.25) is 0 Å². The van der Waals surface area contributed by atoms with Crippen molar-refractivity contribution in [2.75, 3.05) is 13.7 Å². The molecule has 2 N–H and O–H groups in total. The average molecular weight is 364 g/mol. The minimum absolute atomic E-state index is 0.199. The molecule has 1 rings (SSSR count). The smallest absolute Gasteiger partial charge is 0.329 e. The highest BCUT2D eigenvalue weighted by molar-refractivity contribution is 5.97. The van der Waals surface area contributed by atoms with Crippen LogP contribution < -0.4 is 15.4 Å². The summed E-state index contributed by atoms with van der Waals surface area (Å²) >= 11 is 0. The number of methoxy groups -OCH3 is 1. The van der Waals surface area contributed by atoms with Gasteiger partial charge < -0.3 is 20.1 Å². The van der Waals surface area contributed by atoms with Gasteiger partial charge in [0, 0.05) is 11.1 Å². The van der Waals surface area contributed by atoms with E-state index in [4.69, 9.17) is 9.47 Å². The molecular weight excluding hydrogens is 336 g/mol. The van der Waals surface area contributed by atoms with E-state index in [1.165, 1.54) is 7.11 Å². The van der Waals surface area contributed by atoms with Gasteiger partial charge in [-0.15, -0.1) is 0 Å². The normalized spacial score (nSPS) is 12.3. The number of carbonyl (C=O) groups excluding carboxylic acids is 3. The third kappa shape index (κ3) is 7.13. The summed E-state index contributed by atoms with van der Waals surface area (Å²) in [4.78, 5) is 36.4. The summed E-state index contributed by atoms with van der Waals surface area (Å²) in [5.41, 5.74) is -0.0153. The summed E-state index contributed by atoms with van der Waals surface area (Å²) in [6, 6.07) is 5.68. The van der Waals surface area contributed by atoms with Gasteiger partial charge in [-0.25, -0.2) is 4.79 Å². The summed E-state index contributed by atoms with van der Waals surface area (Å²) in [5, 5.41) is 5.36. The van der Waals surface area contributed by atoms with Crippen molar-refractivity contribution >= 4 is 17.8 Å². The van der Waals surface area contributed by atoms with Gasteiger partial charge in [-0.2, -0.15) is 0 Å². The van der Waals surface area contributed by atoms with Crippen LogP contribution in [-0.2, 0) is 14.3 Å². The van der Waals surface area contributed by atoms with Crippen molar-refractivity contribution < 1.29 is 23.9 Å². The van der Waals surface area contributed by atoms with Crippen LogP contribution in [0.15, 0.2) is 24.3 Å². The van der Waals surface area contributed by atoms with Crippen LogP contribution in [0.2, 0.25) is 0 Å². The molecule has 0 unspecified atom stereocenters. The molecule has 0 spiro atoms. The second-order valence-electron chi connectivity index (χ2n) is 7.33. The molecule has 0 aliphatic rings. The van der Waals surface area contributed by atoms with Gasteiger partial charge in [0.25, 0.3) is 11.8 Å². The first kappa shape index (κ1) is 21.5. The number of ether oxygens (including phenoxy) is 2. The molecule has 7 nitrogen and oxygen atoms in total. The topological polar surface area (TPSA) is 93.7 Å². The summed E-state index contributed by atoms with van der Waals surface area (Å²) in [6.07, 6.45) is 0. The van der Waals surface area contributed by atoms with Crippen LogP contribution >= 0.6 is 0 Å². The summed E-state index contributed by atoms with van der Waals surface area (Å²) in [6.45, 7) is 8.68. The molecule has 0 radical (unpaired) electrons. The molecule has 7 heteroatoms. The number of rotatable bonds is 7. The van der Waals surface area contributed by atoms with Gasteiger partial charge in [0.1, 0.15) is 11.8 Å². The first-order valence-corrected chi connectivity index (χ1v) is 8.46. The van der Waals surface area contributed by atoms with Crippen LogP contribution in [0.1, 0.15) is 45.0 Å². The molecule has 2 amide bonds. The number of hydrogen-bond acceptors (Lipinski definition) is 5. The lowest BCUT2D eigenvalue weighted by molar-refractivity contribution is -0.151. The van der Waals surface area contributed by atoms with Gasteiger partial charge in [0.05, 0.1) is 7.11 Å². The molecule has 144 valence electrons. The number of benzene rings is 1. The molecule has 1 aromatic rings. The van der Waals surface area contributed by atoms with Crippen LogP contribution in [0, 0.1) is 5.92 Å². The predicted octanol–water partition coefficient (Wildman–Crippen LogP) is 1.91. The molecule has 0 saturated heterocycles. The number of carbonyl (C=O) groups is 3. The lowest BCUT2D eigenvalue weighted by Crippen LogP contribution is -2.47. The average Bonchev–Trinajstić information content (AvgIpc) is 2.55. The molecule has 0 aromatic heterocycles. The third-order valence-corrected chi connectivity index (χ3v) is 3.42. The highest BCUT2D eigenvalue weighted by atomic mass is 16.5. The molecule has 0 heterocycles. The maximum Gasteiger partial charge on any atom is 0.329 e. The number of hydrogen-bond donors (Lipinski definition) is 2. The van der Waals surface area contributed by atoms with E-state index in [-0.39, 0.29) is 5.92 Å². The molecule has 26 heavy (non-hydrogen) atoms. The minimum Gasteiger partial charge on any atom is -0.497 e. The Balaban J connectivity index is 2.67. The van der Waals surface area contributed by atoms with Crippen molar-refractivity contribution in [3.8, 4) is 5.75 Å². The van der Waals surface area contributed by atoms with Crippen LogP contribution in [0.3, 0.4) is 0 Å². The maximum absolute atomic E-state index is 12.4. The second kappa shape index (κ2) is 9.22. The highest BCUT2D eigenvalue weighted by Crippen LogP contribution is 2.12. The van der Waals surface area contributed by atoms with Gasteiger partial charge in [-0.05, 0) is 51.0 Å². The fourth-order valence-electron chi connectivity index (χ4n) is 2.15. The number of nitrogens with one attached hydrogen (secondary N) is 2. The van der Waals surface area contributed by atoms with Crippen molar-refractivity contribution in [2.45, 2.75) is 46.2 Å². The quantitative estimate of drug-likeness (QED) is 0.721. The standard InChI is InChI=1S/C19H28N2O5/c1-12(2)16(18(24)26-11-15(22)21-19(3,4)5)20-17(23)13-7-9-14(25-6)10-8-13/h7-10,12,16H,11H2,1-6H3,(H,20,23)(H,21,22)/t16-/m0/s1. The fourth-order valence-corrected chi connectivity index (χ4v) is 2.15. The largest absolute Gasteiger partial charge is 0.497 e. The third-order valence-electron chi connectivity index (χ3n) is 3.42. The van der Waals surface area contributed by atoms with Crippen molar-refractivity contribution in [2.24, 2.45) is 5.92 Å². The fraction of sp³-hybridized carbons (Fsp3) is 0.526. The molecule has 1 atom stereocenters.